The highest BCUT2D eigenvalue weighted by molar-refractivity contribution is 5.99. The van der Waals surface area contributed by atoms with Gasteiger partial charge in [0, 0.05) is 12.1 Å². The molecule has 2 aromatic carbocycles. The molecule has 1 saturated heterocycles. The minimum absolute atomic E-state index is 0.0534. The average Bonchev–Trinajstić information content (AvgIpc) is 3.34. The number of aromatic nitrogens is 2. The van der Waals surface area contributed by atoms with Crippen LogP contribution in [0.1, 0.15) is 34.3 Å². The van der Waals surface area contributed by atoms with Gasteiger partial charge in [-0.2, -0.15) is 0 Å². The Morgan fingerprint density at radius 1 is 1.25 bits per heavy atom. The average molecular weight is 375 g/mol. The van der Waals surface area contributed by atoms with Crippen molar-refractivity contribution in [3.8, 4) is 0 Å². The highest BCUT2D eigenvalue weighted by Gasteiger charge is 2.57. The summed E-state index contributed by atoms with van der Waals surface area (Å²) in [6.07, 6.45) is 3.75. The minimum atomic E-state index is -0.780. The molecule has 3 aromatic rings. The molecule has 1 aliphatic carbocycles. The highest BCUT2D eigenvalue weighted by Crippen LogP contribution is 2.48. The van der Waals surface area contributed by atoms with Gasteiger partial charge in [0.25, 0.3) is 5.91 Å². The van der Waals surface area contributed by atoms with Crippen LogP contribution in [0, 0.1) is 0 Å². The van der Waals surface area contributed by atoms with Gasteiger partial charge < -0.3 is 14.6 Å². The number of hydrogen-bond donors (Lipinski definition) is 1. The summed E-state index contributed by atoms with van der Waals surface area (Å²) in [5, 5.41) is 0. The van der Waals surface area contributed by atoms with Crippen molar-refractivity contribution in [2.24, 2.45) is 0 Å². The maximum Gasteiger partial charge on any atom is 0.318 e. The Morgan fingerprint density at radius 2 is 2.11 bits per heavy atom. The summed E-state index contributed by atoms with van der Waals surface area (Å²) < 4.78 is 5.24. The number of nitrogens with one attached hydrogen (secondary N) is 1. The zero-order valence-corrected chi connectivity index (χ0v) is 15.6. The number of benzene rings is 2. The van der Waals surface area contributed by atoms with E-state index in [-0.39, 0.29) is 17.9 Å². The van der Waals surface area contributed by atoms with E-state index in [1.54, 1.807) is 6.33 Å². The maximum atomic E-state index is 13.5. The molecule has 0 bridgehead atoms. The van der Waals surface area contributed by atoms with E-state index < -0.39 is 5.41 Å². The number of fused-ring (bicyclic) bond motifs is 4. The number of likely N-dealkylation sites (tertiary alicyclic amines) is 1. The fourth-order valence-electron chi connectivity index (χ4n) is 5.06. The Kier molecular flexibility index (Phi) is 3.75. The van der Waals surface area contributed by atoms with E-state index in [0.717, 1.165) is 28.6 Å². The van der Waals surface area contributed by atoms with E-state index in [1.165, 1.54) is 7.11 Å². The van der Waals surface area contributed by atoms with Gasteiger partial charge in [-0.15, -0.1) is 0 Å². The van der Waals surface area contributed by atoms with Crippen molar-refractivity contribution in [3.05, 3.63) is 65.5 Å². The first kappa shape index (κ1) is 17.0. The number of rotatable bonds is 2. The number of aromatic amines is 1. The van der Waals surface area contributed by atoms with Crippen LogP contribution in [-0.4, -0.2) is 46.4 Å². The van der Waals surface area contributed by atoms with Gasteiger partial charge in [0.2, 0.25) is 0 Å². The SMILES string of the molecule is COC(=O)C12CCCN(C(=O)c3ccc4nc[nH]c4c3)C1Cc1ccccc12. The number of hydrogen-bond acceptors (Lipinski definition) is 4. The summed E-state index contributed by atoms with van der Waals surface area (Å²) in [4.78, 5) is 35.6. The predicted octanol–water partition coefficient (Wildman–Crippen LogP) is 2.83. The Labute approximate surface area is 162 Å². The molecule has 0 radical (unpaired) electrons. The molecule has 1 N–H and O–H groups in total. The van der Waals surface area contributed by atoms with Crippen LogP contribution in [0.3, 0.4) is 0 Å². The number of carbonyl (C=O) groups is 2. The first-order valence-electron chi connectivity index (χ1n) is 9.56. The quantitative estimate of drug-likeness (QED) is 0.699. The summed E-state index contributed by atoms with van der Waals surface area (Å²) in [5.41, 5.74) is 3.62. The number of imidazole rings is 1. The topological polar surface area (TPSA) is 75.3 Å². The molecule has 142 valence electrons. The zero-order chi connectivity index (χ0) is 19.3. The highest BCUT2D eigenvalue weighted by atomic mass is 16.5. The van der Waals surface area contributed by atoms with Gasteiger partial charge in [0.05, 0.1) is 30.5 Å². The van der Waals surface area contributed by atoms with Gasteiger partial charge >= 0.3 is 5.97 Å². The zero-order valence-electron chi connectivity index (χ0n) is 15.6. The number of piperidine rings is 1. The molecule has 6 heteroatoms. The third-order valence-electron chi connectivity index (χ3n) is 6.30. The first-order chi connectivity index (χ1) is 13.6. The standard InChI is InChI=1S/C22H21N3O3/c1-28-21(27)22-9-4-10-25(19(22)12-14-5-2-3-6-16(14)22)20(26)15-7-8-17-18(11-15)24-13-23-17/h2-3,5-8,11,13,19H,4,9-10,12H2,1H3,(H,23,24). The van der Waals surface area contributed by atoms with Crippen molar-refractivity contribution in [1.29, 1.82) is 0 Å². The number of nitrogens with zero attached hydrogens (tertiary/aromatic N) is 2. The molecule has 1 aliphatic heterocycles. The molecule has 2 heterocycles. The van der Waals surface area contributed by atoms with Crippen LogP contribution >= 0.6 is 0 Å². The fourth-order valence-corrected chi connectivity index (χ4v) is 5.06. The largest absolute Gasteiger partial charge is 0.468 e. The summed E-state index contributed by atoms with van der Waals surface area (Å²) in [6, 6.07) is 13.3. The molecule has 1 amide bonds. The van der Waals surface area contributed by atoms with E-state index in [1.807, 2.05) is 41.3 Å². The number of ether oxygens (including phenoxy) is 1. The third-order valence-corrected chi connectivity index (χ3v) is 6.30. The lowest BCUT2D eigenvalue weighted by atomic mass is 9.72. The molecule has 1 aromatic heterocycles. The van der Waals surface area contributed by atoms with Gasteiger partial charge in [-0.05, 0) is 48.6 Å². The van der Waals surface area contributed by atoms with Crippen LogP contribution in [0.25, 0.3) is 11.0 Å². The van der Waals surface area contributed by atoms with Crippen LogP contribution < -0.4 is 0 Å². The monoisotopic (exact) mass is 375 g/mol. The van der Waals surface area contributed by atoms with Gasteiger partial charge in [-0.1, -0.05) is 24.3 Å². The van der Waals surface area contributed by atoms with Crippen molar-refractivity contribution in [1.82, 2.24) is 14.9 Å². The van der Waals surface area contributed by atoms with Crippen molar-refractivity contribution >= 4 is 22.9 Å². The molecular weight excluding hydrogens is 354 g/mol. The Balaban J connectivity index is 1.58. The normalized spacial score (nSPS) is 23.3. The van der Waals surface area contributed by atoms with Crippen LogP contribution in [0.4, 0.5) is 0 Å². The molecule has 1 fully saturated rings. The molecule has 2 aliphatic rings. The fraction of sp³-hybridized carbons (Fsp3) is 0.318. The number of esters is 1. The lowest BCUT2D eigenvalue weighted by molar-refractivity contribution is -0.151. The van der Waals surface area contributed by atoms with E-state index in [0.29, 0.717) is 24.9 Å². The lowest BCUT2D eigenvalue weighted by Crippen LogP contribution is -2.58. The number of methoxy groups -OCH3 is 1. The second-order valence-electron chi connectivity index (χ2n) is 7.58. The van der Waals surface area contributed by atoms with Gasteiger partial charge in [0.1, 0.15) is 5.41 Å². The van der Waals surface area contributed by atoms with Crippen molar-refractivity contribution in [3.63, 3.8) is 0 Å². The molecule has 28 heavy (non-hydrogen) atoms. The maximum absolute atomic E-state index is 13.5. The summed E-state index contributed by atoms with van der Waals surface area (Å²) in [6.45, 7) is 0.636. The Morgan fingerprint density at radius 3 is 2.96 bits per heavy atom. The van der Waals surface area contributed by atoms with E-state index in [2.05, 4.69) is 16.0 Å². The van der Waals surface area contributed by atoms with Gasteiger partial charge in [0.15, 0.2) is 0 Å². The molecule has 0 saturated carbocycles. The molecule has 2 atom stereocenters. The summed E-state index contributed by atoms with van der Waals surface area (Å²) in [7, 11) is 1.43. The number of H-pyrrole nitrogens is 1. The van der Waals surface area contributed by atoms with Crippen LogP contribution in [0.2, 0.25) is 0 Å². The smallest absolute Gasteiger partial charge is 0.318 e. The molecule has 5 rings (SSSR count). The van der Waals surface area contributed by atoms with E-state index in [9.17, 15) is 9.59 Å². The van der Waals surface area contributed by atoms with Crippen molar-refractivity contribution in [2.45, 2.75) is 30.7 Å². The second kappa shape index (κ2) is 6.19. The lowest BCUT2D eigenvalue weighted by Gasteiger charge is -2.45. The minimum Gasteiger partial charge on any atom is -0.468 e. The predicted molar refractivity (Wildman–Crippen MR) is 104 cm³/mol. The molecule has 2 unspecified atom stereocenters. The van der Waals surface area contributed by atoms with E-state index in [4.69, 9.17) is 4.74 Å². The summed E-state index contributed by atoms with van der Waals surface area (Å²) in [5.74, 6) is -0.300. The first-order valence-corrected chi connectivity index (χ1v) is 9.56. The van der Waals surface area contributed by atoms with Gasteiger partial charge in [-0.3, -0.25) is 9.59 Å². The molecule has 6 nitrogen and oxygen atoms in total. The second-order valence-corrected chi connectivity index (χ2v) is 7.58. The third kappa shape index (κ3) is 2.24. The number of amides is 1. The van der Waals surface area contributed by atoms with E-state index >= 15 is 0 Å². The van der Waals surface area contributed by atoms with Crippen molar-refractivity contribution in [2.75, 3.05) is 13.7 Å². The molecule has 0 spiro atoms. The van der Waals surface area contributed by atoms with Crippen LogP contribution in [0.5, 0.6) is 0 Å². The Bertz CT molecular complexity index is 1090. The Hall–Kier alpha value is -3.15. The summed E-state index contributed by atoms with van der Waals surface area (Å²) >= 11 is 0. The van der Waals surface area contributed by atoms with Gasteiger partial charge in [-0.25, -0.2) is 4.98 Å². The van der Waals surface area contributed by atoms with Crippen LogP contribution in [-0.2, 0) is 21.4 Å². The number of carbonyl (C=O) groups excluding carboxylic acids is 2. The van der Waals surface area contributed by atoms with Crippen molar-refractivity contribution < 1.29 is 14.3 Å². The molecular formula is C22H21N3O3. The van der Waals surface area contributed by atoms with Crippen LogP contribution in [0.15, 0.2) is 48.8 Å².